The molecule has 1 aliphatic heterocycles. The summed E-state index contributed by atoms with van der Waals surface area (Å²) in [5.41, 5.74) is 5.57. The molecule has 21 heavy (non-hydrogen) atoms. The maximum Gasteiger partial charge on any atom is 0.244 e. The summed E-state index contributed by atoms with van der Waals surface area (Å²) < 4.78 is 27.5. The number of benzene rings is 1. The molecule has 0 saturated carbocycles. The summed E-state index contributed by atoms with van der Waals surface area (Å²) in [5, 5.41) is 0.244. The number of halogens is 3. The van der Waals surface area contributed by atoms with Gasteiger partial charge in [-0.1, -0.05) is 17.7 Å². The van der Waals surface area contributed by atoms with Gasteiger partial charge in [0.1, 0.15) is 4.90 Å². The first-order valence-electron chi connectivity index (χ1n) is 6.61. The second-order valence-corrected chi connectivity index (χ2v) is 8.14. The second-order valence-electron chi connectivity index (χ2n) is 5.00. The molecule has 1 heterocycles. The molecule has 0 spiro atoms. The van der Waals surface area contributed by atoms with E-state index in [1.54, 1.807) is 18.2 Å². The highest BCUT2D eigenvalue weighted by molar-refractivity contribution is 9.10. The van der Waals surface area contributed by atoms with Crippen LogP contribution in [0, 0.1) is 5.92 Å². The number of hydrogen-bond donors (Lipinski definition) is 1. The van der Waals surface area contributed by atoms with Gasteiger partial charge in [0.2, 0.25) is 10.0 Å². The standard InChI is InChI=1S/C13H18BrClN2O2S.ClH/c14-11-4-1-5-12(13(11)15)20(18,19)17-8-2-3-10(9-17)6-7-16;/h1,4-5,10H,2-3,6-9,16H2;1H. The average Bonchev–Trinajstić information content (AvgIpc) is 2.42. The molecule has 1 aliphatic rings. The van der Waals surface area contributed by atoms with E-state index in [1.807, 2.05) is 0 Å². The number of nitrogens with two attached hydrogens (primary N) is 1. The Balaban J connectivity index is 0.00000220. The monoisotopic (exact) mass is 416 g/mol. The minimum atomic E-state index is -3.54. The van der Waals surface area contributed by atoms with E-state index in [0.29, 0.717) is 30.0 Å². The number of sulfonamides is 1. The van der Waals surface area contributed by atoms with Gasteiger partial charge in [-0.15, -0.1) is 12.4 Å². The average molecular weight is 418 g/mol. The van der Waals surface area contributed by atoms with E-state index in [2.05, 4.69) is 15.9 Å². The van der Waals surface area contributed by atoms with Gasteiger partial charge in [0, 0.05) is 17.6 Å². The van der Waals surface area contributed by atoms with Gasteiger partial charge in [-0.3, -0.25) is 0 Å². The van der Waals surface area contributed by atoms with Gasteiger partial charge in [0.15, 0.2) is 0 Å². The molecule has 1 aromatic carbocycles. The van der Waals surface area contributed by atoms with Crippen LogP contribution in [0.3, 0.4) is 0 Å². The molecule has 1 unspecified atom stereocenters. The molecule has 0 bridgehead atoms. The summed E-state index contributed by atoms with van der Waals surface area (Å²) in [6.07, 6.45) is 2.77. The summed E-state index contributed by atoms with van der Waals surface area (Å²) in [4.78, 5) is 0.168. The summed E-state index contributed by atoms with van der Waals surface area (Å²) in [5.74, 6) is 0.342. The van der Waals surface area contributed by atoms with Crippen LogP contribution in [-0.4, -0.2) is 32.4 Å². The number of rotatable bonds is 4. The first-order chi connectivity index (χ1) is 9.46. The SMILES string of the molecule is Cl.NCCC1CCCN(S(=O)(=O)c2cccc(Br)c2Cl)C1. The Morgan fingerprint density at radius 1 is 1.43 bits per heavy atom. The van der Waals surface area contributed by atoms with Crippen molar-refractivity contribution >= 4 is 50.0 Å². The first kappa shape index (κ1) is 19.2. The van der Waals surface area contributed by atoms with Crippen LogP contribution in [-0.2, 0) is 10.0 Å². The highest BCUT2D eigenvalue weighted by Gasteiger charge is 2.31. The summed E-state index contributed by atoms with van der Waals surface area (Å²) >= 11 is 9.39. The lowest BCUT2D eigenvalue weighted by Crippen LogP contribution is -2.40. The Hall–Kier alpha value is 0.150. The highest BCUT2D eigenvalue weighted by Crippen LogP contribution is 2.33. The van der Waals surface area contributed by atoms with E-state index >= 15 is 0 Å². The van der Waals surface area contributed by atoms with Crippen LogP contribution in [0.15, 0.2) is 27.6 Å². The van der Waals surface area contributed by atoms with Crippen LogP contribution in [0.2, 0.25) is 5.02 Å². The molecule has 1 atom stereocenters. The third-order valence-corrected chi connectivity index (χ3v) is 6.91. The fourth-order valence-electron chi connectivity index (χ4n) is 2.54. The molecule has 0 radical (unpaired) electrons. The van der Waals surface area contributed by atoms with Crippen molar-refractivity contribution in [2.45, 2.75) is 24.2 Å². The van der Waals surface area contributed by atoms with Crippen molar-refractivity contribution in [2.24, 2.45) is 11.7 Å². The van der Waals surface area contributed by atoms with Crippen molar-refractivity contribution in [3.8, 4) is 0 Å². The summed E-state index contributed by atoms with van der Waals surface area (Å²) in [7, 11) is -3.54. The highest BCUT2D eigenvalue weighted by atomic mass is 79.9. The Morgan fingerprint density at radius 2 is 2.14 bits per heavy atom. The lowest BCUT2D eigenvalue weighted by atomic mass is 9.96. The van der Waals surface area contributed by atoms with Gasteiger partial charge in [-0.2, -0.15) is 4.31 Å². The number of nitrogens with zero attached hydrogens (tertiary/aromatic N) is 1. The molecule has 1 saturated heterocycles. The number of hydrogen-bond acceptors (Lipinski definition) is 3. The van der Waals surface area contributed by atoms with Gasteiger partial charge >= 0.3 is 0 Å². The maximum absolute atomic E-state index is 12.7. The fraction of sp³-hybridized carbons (Fsp3) is 0.538. The molecular weight excluding hydrogens is 399 g/mol. The van der Waals surface area contributed by atoms with Gasteiger partial charge in [-0.25, -0.2) is 8.42 Å². The predicted molar refractivity (Wildman–Crippen MR) is 91.6 cm³/mol. The molecule has 0 aromatic heterocycles. The molecule has 120 valence electrons. The quantitative estimate of drug-likeness (QED) is 0.817. The van der Waals surface area contributed by atoms with Crippen molar-refractivity contribution < 1.29 is 8.42 Å². The minimum Gasteiger partial charge on any atom is -0.330 e. The fourth-order valence-corrected chi connectivity index (χ4v) is 5.10. The zero-order valence-corrected chi connectivity index (χ0v) is 15.4. The third kappa shape index (κ3) is 4.33. The van der Waals surface area contributed by atoms with Crippen molar-refractivity contribution in [1.82, 2.24) is 4.31 Å². The van der Waals surface area contributed by atoms with E-state index in [1.165, 1.54) is 4.31 Å². The largest absolute Gasteiger partial charge is 0.330 e. The Morgan fingerprint density at radius 3 is 2.81 bits per heavy atom. The van der Waals surface area contributed by atoms with E-state index in [4.69, 9.17) is 17.3 Å². The van der Waals surface area contributed by atoms with E-state index in [0.717, 1.165) is 19.3 Å². The predicted octanol–water partition coefficient (Wildman–Crippen LogP) is 3.27. The Labute approximate surface area is 145 Å². The molecule has 1 fully saturated rings. The molecule has 8 heteroatoms. The summed E-state index contributed by atoms with van der Waals surface area (Å²) in [6, 6.07) is 4.97. The van der Waals surface area contributed by atoms with E-state index in [-0.39, 0.29) is 22.3 Å². The Bertz CT molecular complexity index is 582. The minimum absolute atomic E-state index is 0. The molecular formula is C13H19BrCl2N2O2S. The van der Waals surface area contributed by atoms with Crippen LogP contribution in [0.5, 0.6) is 0 Å². The van der Waals surface area contributed by atoms with E-state index < -0.39 is 10.0 Å². The molecule has 0 aliphatic carbocycles. The number of piperidine rings is 1. The van der Waals surface area contributed by atoms with E-state index in [9.17, 15) is 8.42 Å². The maximum atomic E-state index is 12.7. The molecule has 1 aromatic rings. The second kappa shape index (κ2) is 8.13. The van der Waals surface area contributed by atoms with Crippen LogP contribution in [0.1, 0.15) is 19.3 Å². The lowest BCUT2D eigenvalue weighted by Gasteiger charge is -2.32. The van der Waals surface area contributed by atoms with Gasteiger partial charge in [0.25, 0.3) is 0 Å². The zero-order valence-electron chi connectivity index (χ0n) is 11.5. The van der Waals surface area contributed by atoms with Crippen molar-refractivity contribution in [1.29, 1.82) is 0 Å². The van der Waals surface area contributed by atoms with Crippen LogP contribution in [0.25, 0.3) is 0 Å². The molecule has 4 nitrogen and oxygen atoms in total. The van der Waals surface area contributed by atoms with Gasteiger partial charge < -0.3 is 5.73 Å². The third-order valence-electron chi connectivity index (χ3n) is 3.59. The van der Waals surface area contributed by atoms with Crippen LogP contribution < -0.4 is 5.73 Å². The Kier molecular flexibility index (Phi) is 7.43. The normalized spacial score (nSPS) is 20.0. The lowest BCUT2D eigenvalue weighted by molar-refractivity contribution is 0.258. The van der Waals surface area contributed by atoms with Crippen LogP contribution in [0.4, 0.5) is 0 Å². The van der Waals surface area contributed by atoms with Gasteiger partial charge in [0.05, 0.1) is 5.02 Å². The zero-order chi connectivity index (χ0) is 14.8. The summed E-state index contributed by atoms with van der Waals surface area (Å²) in [6.45, 7) is 1.67. The molecule has 2 N–H and O–H groups in total. The smallest absolute Gasteiger partial charge is 0.244 e. The van der Waals surface area contributed by atoms with Crippen LogP contribution >= 0.6 is 39.9 Å². The topological polar surface area (TPSA) is 63.4 Å². The molecule has 0 amide bonds. The first-order valence-corrected chi connectivity index (χ1v) is 9.22. The van der Waals surface area contributed by atoms with Crippen molar-refractivity contribution in [3.05, 3.63) is 27.7 Å². The van der Waals surface area contributed by atoms with Crippen molar-refractivity contribution in [3.63, 3.8) is 0 Å². The molecule has 2 rings (SSSR count). The van der Waals surface area contributed by atoms with Crippen molar-refractivity contribution in [2.75, 3.05) is 19.6 Å². The van der Waals surface area contributed by atoms with Gasteiger partial charge in [-0.05, 0) is 59.8 Å².